The average molecular weight is 327 g/mol. The maximum atomic E-state index is 11.8. The van der Waals surface area contributed by atoms with Gasteiger partial charge in [-0.15, -0.1) is 0 Å². The fourth-order valence-electron chi connectivity index (χ4n) is 1.32. The molecule has 0 saturated heterocycles. The van der Waals surface area contributed by atoms with Gasteiger partial charge in [0.05, 0.1) is 0 Å². The van der Waals surface area contributed by atoms with Crippen LogP contribution in [0.5, 0.6) is 0 Å². The summed E-state index contributed by atoms with van der Waals surface area (Å²) in [6.45, 7) is 0. The van der Waals surface area contributed by atoms with Gasteiger partial charge in [0.2, 0.25) is 0 Å². The van der Waals surface area contributed by atoms with Crippen molar-refractivity contribution in [1.82, 2.24) is 0 Å². The van der Waals surface area contributed by atoms with Gasteiger partial charge in [0.15, 0.2) is 0 Å². The Morgan fingerprint density at radius 3 is 2.65 bits per heavy atom. The van der Waals surface area contributed by atoms with Crippen LogP contribution in [-0.2, 0) is 16.9 Å². The minimum Gasteiger partial charge on any atom is -0.612 e. The van der Waals surface area contributed by atoms with Gasteiger partial charge in [0.1, 0.15) is 11.2 Å². The van der Waals surface area contributed by atoms with Gasteiger partial charge in [-0.1, -0.05) is 28.1 Å². The minimum absolute atomic E-state index is 0.563. The lowest BCUT2D eigenvalue weighted by Crippen LogP contribution is -1.99. The number of benzene rings is 1. The summed E-state index contributed by atoms with van der Waals surface area (Å²) in [5.41, 5.74) is 2.20. The van der Waals surface area contributed by atoms with E-state index in [1.807, 2.05) is 47.2 Å². The zero-order chi connectivity index (χ0) is 12.1. The third-order valence-corrected chi connectivity index (χ3v) is 4.47. The van der Waals surface area contributed by atoms with Gasteiger partial charge >= 0.3 is 0 Å². The summed E-state index contributed by atoms with van der Waals surface area (Å²) in [5, 5.41) is 5.80. The zero-order valence-corrected chi connectivity index (χ0v) is 12.2. The predicted octanol–water partition coefficient (Wildman–Crippen LogP) is 4.43. The predicted molar refractivity (Wildman–Crippen MR) is 79.3 cm³/mol. The molecule has 2 aromatic rings. The lowest BCUT2D eigenvalue weighted by Gasteiger charge is -2.05. The molecule has 0 aliphatic carbocycles. The van der Waals surface area contributed by atoms with Crippen LogP contribution in [0.4, 0.5) is 0 Å². The van der Waals surface area contributed by atoms with Gasteiger partial charge in [-0.3, -0.25) is 0 Å². The van der Waals surface area contributed by atoms with Crippen LogP contribution in [-0.4, -0.2) is 4.55 Å². The van der Waals surface area contributed by atoms with E-state index < -0.39 is 11.2 Å². The molecule has 0 aliphatic heterocycles. The highest BCUT2D eigenvalue weighted by Crippen LogP contribution is 2.15. The Labute approximate surface area is 116 Å². The van der Waals surface area contributed by atoms with Crippen molar-refractivity contribution in [3.63, 3.8) is 0 Å². The average Bonchev–Trinajstić information content (AvgIpc) is 2.83. The molecular formula is C13H11BrOS2. The van der Waals surface area contributed by atoms with E-state index >= 15 is 0 Å². The fraction of sp³-hybridized carbons (Fsp3) is 0.0769. The quantitative estimate of drug-likeness (QED) is 0.762. The lowest BCUT2D eigenvalue weighted by molar-refractivity contribution is 0.603. The summed E-state index contributed by atoms with van der Waals surface area (Å²) in [5.74, 6) is 0.563. The second kappa shape index (κ2) is 6.40. The molecule has 1 nitrogen and oxygen atoms in total. The summed E-state index contributed by atoms with van der Waals surface area (Å²) >= 11 is 4.07. The summed E-state index contributed by atoms with van der Waals surface area (Å²) < 4.78 is 12.9. The first-order valence-corrected chi connectivity index (χ1v) is 8.18. The smallest absolute Gasteiger partial charge is 0.135 e. The maximum absolute atomic E-state index is 11.8. The van der Waals surface area contributed by atoms with Gasteiger partial charge in [0, 0.05) is 10.0 Å². The molecule has 4 heteroatoms. The SMILES string of the molecule is [O-][S+](C=Cc1ccsc1)Cc1ccc(Br)cc1. The molecule has 0 radical (unpaired) electrons. The third-order valence-electron chi connectivity index (χ3n) is 2.18. The Bertz CT molecular complexity index is 477. The Hall–Kier alpha value is -0.550. The van der Waals surface area contributed by atoms with Crippen molar-refractivity contribution in [1.29, 1.82) is 0 Å². The number of rotatable bonds is 4. The molecule has 1 aromatic carbocycles. The van der Waals surface area contributed by atoms with E-state index in [0.29, 0.717) is 5.75 Å². The van der Waals surface area contributed by atoms with Gasteiger partial charge in [-0.25, -0.2) is 0 Å². The fourth-order valence-corrected chi connectivity index (χ4v) is 3.14. The summed E-state index contributed by atoms with van der Waals surface area (Å²) in [6.07, 6.45) is 1.91. The second-order valence-electron chi connectivity index (χ2n) is 3.51. The monoisotopic (exact) mass is 326 g/mol. The van der Waals surface area contributed by atoms with Crippen LogP contribution in [0.3, 0.4) is 0 Å². The highest BCUT2D eigenvalue weighted by Gasteiger charge is 2.03. The van der Waals surface area contributed by atoms with E-state index in [1.54, 1.807) is 16.7 Å². The van der Waals surface area contributed by atoms with Crippen molar-refractivity contribution in [2.75, 3.05) is 0 Å². The first-order chi connectivity index (χ1) is 8.24. The van der Waals surface area contributed by atoms with E-state index in [4.69, 9.17) is 0 Å². The van der Waals surface area contributed by atoms with Crippen LogP contribution in [0.1, 0.15) is 11.1 Å². The summed E-state index contributed by atoms with van der Waals surface area (Å²) in [6, 6.07) is 9.92. The molecule has 0 N–H and O–H groups in total. The van der Waals surface area contributed by atoms with Gasteiger partial charge in [-0.2, -0.15) is 11.3 Å². The summed E-state index contributed by atoms with van der Waals surface area (Å²) in [7, 11) is 0. The van der Waals surface area contributed by atoms with Gasteiger partial charge in [-0.05, 0) is 51.8 Å². The molecule has 1 heterocycles. The van der Waals surface area contributed by atoms with Gasteiger partial charge < -0.3 is 4.55 Å². The van der Waals surface area contributed by atoms with Crippen LogP contribution in [0.2, 0.25) is 0 Å². The van der Waals surface area contributed by atoms with E-state index in [2.05, 4.69) is 15.9 Å². The molecule has 1 atom stereocenters. The second-order valence-corrected chi connectivity index (χ2v) is 6.53. The van der Waals surface area contributed by atoms with E-state index in [-0.39, 0.29) is 0 Å². The van der Waals surface area contributed by atoms with Crippen molar-refractivity contribution in [2.24, 2.45) is 0 Å². The normalized spacial score (nSPS) is 13.1. The Morgan fingerprint density at radius 2 is 2.00 bits per heavy atom. The van der Waals surface area contributed by atoms with E-state index in [9.17, 15) is 4.55 Å². The largest absolute Gasteiger partial charge is 0.612 e. The van der Waals surface area contributed by atoms with Crippen LogP contribution in [0.15, 0.2) is 51.0 Å². The van der Waals surface area contributed by atoms with Gasteiger partial charge in [0.25, 0.3) is 0 Å². The van der Waals surface area contributed by atoms with Crippen molar-refractivity contribution < 1.29 is 4.55 Å². The van der Waals surface area contributed by atoms with E-state index in [0.717, 1.165) is 15.6 Å². The number of halogens is 1. The summed E-state index contributed by atoms with van der Waals surface area (Å²) in [4.78, 5) is 0. The molecule has 2 rings (SSSR count). The molecule has 0 aliphatic rings. The number of hydrogen-bond donors (Lipinski definition) is 0. The standard InChI is InChI=1S/C13H11BrOS2/c14-13-3-1-12(2-4-13)10-17(15)8-6-11-5-7-16-9-11/h1-9H,10H2. The Kier molecular flexibility index (Phi) is 4.86. The van der Waals surface area contributed by atoms with Crippen molar-refractivity contribution in [3.8, 4) is 0 Å². The molecular weight excluding hydrogens is 316 g/mol. The highest BCUT2D eigenvalue weighted by atomic mass is 79.9. The number of thiophene rings is 1. The molecule has 1 unspecified atom stereocenters. The lowest BCUT2D eigenvalue weighted by atomic mass is 10.2. The number of hydrogen-bond acceptors (Lipinski definition) is 2. The molecule has 0 fully saturated rings. The first-order valence-electron chi connectivity index (χ1n) is 5.06. The Balaban J connectivity index is 1.93. The van der Waals surface area contributed by atoms with Crippen LogP contribution in [0.25, 0.3) is 6.08 Å². The first kappa shape index (κ1) is 12.9. The van der Waals surface area contributed by atoms with Crippen molar-refractivity contribution >= 4 is 44.5 Å². The zero-order valence-electron chi connectivity index (χ0n) is 9.01. The van der Waals surface area contributed by atoms with Crippen LogP contribution >= 0.6 is 27.3 Å². The molecule has 0 amide bonds. The molecule has 17 heavy (non-hydrogen) atoms. The topological polar surface area (TPSA) is 23.1 Å². The highest BCUT2D eigenvalue weighted by molar-refractivity contribution is 9.10. The Morgan fingerprint density at radius 1 is 1.24 bits per heavy atom. The molecule has 1 aromatic heterocycles. The molecule has 0 spiro atoms. The van der Waals surface area contributed by atoms with Crippen molar-refractivity contribution in [2.45, 2.75) is 5.75 Å². The van der Waals surface area contributed by atoms with Crippen LogP contribution < -0.4 is 0 Å². The van der Waals surface area contributed by atoms with Crippen molar-refractivity contribution in [3.05, 3.63) is 62.1 Å². The van der Waals surface area contributed by atoms with E-state index in [1.165, 1.54) is 0 Å². The van der Waals surface area contributed by atoms with Crippen LogP contribution in [0, 0.1) is 0 Å². The molecule has 0 bridgehead atoms. The third kappa shape index (κ3) is 4.32. The maximum Gasteiger partial charge on any atom is 0.135 e. The minimum atomic E-state index is -0.953. The molecule has 88 valence electrons. The molecule has 0 saturated carbocycles.